The first-order chi connectivity index (χ1) is 19.4. The number of hydrogen-bond acceptors (Lipinski definition) is 4. The third kappa shape index (κ3) is 3.35. The van der Waals surface area contributed by atoms with Gasteiger partial charge in [-0.1, -0.05) is 101 Å². The lowest BCUT2D eigenvalue weighted by Crippen LogP contribution is -2.51. The van der Waals surface area contributed by atoms with E-state index in [1.54, 1.807) is 24.3 Å². The number of nitrogens with zero attached hydrogens (tertiary/aromatic N) is 1. The number of ketones is 2. The molecule has 3 aliphatic rings. The third-order valence-corrected chi connectivity index (χ3v) is 9.15. The van der Waals surface area contributed by atoms with Crippen molar-refractivity contribution in [2.45, 2.75) is 24.4 Å². The molecule has 40 heavy (non-hydrogen) atoms. The zero-order chi connectivity index (χ0) is 27.6. The predicted molar refractivity (Wildman–Crippen MR) is 160 cm³/mol. The van der Waals surface area contributed by atoms with Crippen molar-refractivity contribution in [1.82, 2.24) is 0 Å². The Bertz CT molecular complexity index is 1730. The van der Waals surface area contributed by atoms with Gasteiger partial charge in [-0.2, -0.15) is 0 Å². The minimum Gasteiger partial charge on any atom is -0.352 e. The zero-order valence-electron chi connectivity index (χ0n) is 21.7. The van der Waals surface area contributed by atoms with Crippen LogP contribution in [0.2, 0.25) is 0 Å². The lowest BCUT2D eigenvalue weighted by Gasteiger charge is -2.39. The van der Waals surface area contributed by atoms with E-state index in [0.29, 0.717) is 16.8 Å². The quantitative estimate of drug-likeness (QED) is 0.269. The summed E-state index contributed by atoms with van der Waals surface area (Å²) in [5.41, 5.74) is 3.93. The Labute approximate surface area is 240 Å². The van der Waals surface area contributed by atoms with Gasteiger partial charge >= 0.3 is 0 Å². The summed E-state index contributed by atoms with van der Waals surface area (Å²) < 4.78 is 0.843. The van der Waals surface area contributed by atoms with E-state index >= 15 is 0 Å². The molecule has 196 valence electrons. The molecular weight excluding hydrogens is 564 g/mol. The second kappa shape index (κ2) is 9.14. The molecule has 0 unspecified atom stereocenters. The molecule has 1 saturated heterocycles. The molecule has 1 amide bonds. The second-order valence-corrected chi connectivity index (χ2v) is 11.5. The fraction of sp³-hybridized carbons (Fsp3) is 0.147. The average molecular weight is 589 g/mol. The number of carbonyl (C=O) groups is 3. The molecule has 0 aromatic heterocycles. The van der Waals surface area contributed by atoms with E-state index in [1.807, 2.05) is 90.7 Å². The summed E-state index contributed by atoms with van der Waals surface area (Å²) in [4.78, 5) is 45.8. The summed E-state index contributed by atoms with van der Waals surface area (Å²) in [5, 5.41) is 3.08. The molecule has 0 radical (unpaired) electrons. The first-order valence-corrected chi connectivity index (χ1v) is 14.1. The molecule has 1 fully saturated rings. The van der Waals surface area contributed by atoms with Crippen molar-refractivity contribution in [3.8, 4) is 0 Å². The molecule has 0 bridgehead atoms. The predicted octanol–water partition coefficient (Wildman–Crippen LogP) is 6.70. The number of rotatable bonds is 4. The summed E-state index contributed by atoms with van der Waals surface area (Å²) >= 11 is 3.46. The lowest BCUT2D eigenvalue weighted by atomic mass is 9.64. The number of amides is 1. The first kappa shape index (κ1) is 24.7. The summed E-state index contributed by atoms with van der Waals surface area (Å²) in [6.07, 6.45) is 2.07. The van der Waals surface area contributed by atoms with Gasteiger partial charge in [0.05, 0.1) is 12.0 Å². The average Bonchev–Trinajstić information content (AvgIpc) is 3.45. The monoisotopic (exact) mass is 588 g/mol. The van der Waals surface area contributed by atoms with Crippen LogP contribution in [0.5, 0.6) is 0 Å². The molecule has 0 saturated carbocycles. The Hall–Kier alpha value is -4.29. The van der Waals surface area contributed by atoms with Crippen molar-refractivity contribution in [1.29, 1.82) is 0 Å². The van der Waals surface area contributed by atoms with Gasteiger partial charge in [0, 0.05) is 32.5 Å². The number of anilines is 2. The van der Waals surface area contributed by atoms with Crippen molar-refractivity contribution in [3.05, 3.63) is 136 Å². The number of carbonyl (C=O) groups excluding carboxylic acids is 3. The Balaban J connectivity index is 1.56. The van der Waals surface area contributed by atoms with Crippen molar-refractivity contribution in [2.75, 3.05) is 10.2 Å². The van der Waals surface area contributed by atoms with Crippen LogP contribution in [0, 0.1) is 5.92 Å². The van der Waals surface area contributed by atoms with Crippen LogP contribution >= 0.6 is 15.9 Å². The fourth-order valence-corrected chi connectivity index (χ4v) is 7.22. The van der Waals surface area contributed by atoms with Crippen molar-refractivity contribution >= 4 is 50.4 Å². The maximum atomic E-state index is 14.8. The van der Waals surface area contributed by atoms with E-state index in [9.17, 15) is 14.4 Å². The number of hydrogen-bond donors (Lipinski definition) is 1. The van der Waals surface area contributed by atoms with Crippen molar-refractivity contribution < 1.29 is 14.4 Å². The van der Waals surface area contributed by atoms with Gasteiger partial charge in [-0.15, -0.1) is 0 Å². The molecule has 4 aromatic carbocycles. The van der Waals surface area contributed by atoms with Gasteiger partial charge in [0.15, 0.2) is 11.6 Å². The molecule has 3 heterocycles. The molecular formula is C34H25BrN2O3. The number of fused-ring (bicyclic) bond motifs is 6. The minimum atomic E-state index is -1.31. The molecule has 6 heteroatoms. The molecule has 4 atom stereocenters. The lowest BCUT2D eigenvalue weighted by molar-refractivity contribution is -0.121. The Kier molecular flexibility index (Phi) is 5.65. The van der Waals surface area contributed by atoms with E-state index in [1.165, 1.54) is 0 Å². The maximum absolute atomic E-state index is 14.8. The van der Waals surface area contributed by atoms with E-state index in [-0.39, 0.29) is 17.5 Å². The van der Waals surface area contributed by atoms with Gasteiger partial charge in [-0.25, -0.2) is 0 Å². The second-order valence-electron chi connectivity index (χ2n) is 10.6. The zero-order valence-corrected chi connectivity index (χ0v) is 23.3. The Morgan fingerprint density at radius 2 is 1.45 bits per heavy atom. The summed E-state index contributed by atoms with van der Waals surface area (Å²) in [6, 6.07) is 30.3. The Morgan fingerprint density at radius 1 is 0.800 bits per heavy atom. The van der Waals surface area contributed by atoms with Gasteiger partial charge in [0.2, 0.25) is 5.91 Å². The highest BCUT2D eigenvalue weighted by molar-refractivity contribution is 9.10. The van der Waals surface area contributed by atoms with E-state index < -0.39 is 23.4 Å². The smallest absolute Gasteiger partial charge is 0.238 e. The number of para-hydroxylation sites is 2. The van der Waals surface area contributed by atoms with Crippen LogP contribution in [0.3, 0.4) is 0 Å². The van der Waals surface area contributed by atoms with Gasteiger partial charge in [0.1, 0.15) is 11.5 Å². The molecule has 4 aromatic rings. The highest BCUT2D eigenvalue weighted by Gasteiger charge is 2.70. The van der Waals surface area contributed by atoms with Gasteiger partial charge in [-0.05, 0) is 42.3 Å². The van der Waals surface area contributed by atoms with E-state index in [2.05, 4.69) is 27.3 Å². The minimum absolute atomic E-state index is 0.183. The van der Waals surface area contributed by atoms with Crippen LogP contribution in [0.1, 0.15) is 38.8 Å². The van der Waals surface area contributed by atoms with Gasteiger partial charge in [0.25, 0.3) is 0 Å². The van der Waals surface area contributed by atoms with Crippen LogP contribution in [-0.2, 0) is 10.2 Å². The van der Waals surface area contributed by atoms with Crippen molar-refractivity contribution in [3.63, 3.8) is 0 Å². The normalized spacial score (nSPS) is 24.1. The molecule has 0 aliphatic carbocycles. The molecule has 5 nitrogen and oxygen atoms in total. The van der Waals surface area contributed by atoms with E-state index in [0.717, 1.165) is 26.9 Å². The molecule has 3 aliphatic heterocycles. The topological polar surface area (TPSA) is 66.5 Å². The van der Waals surface area contributed by atoms with Gasteiger partial charge < -0.3 is 10.2 Å². The Morgan fingerprint density at radius 3 is 2.23 bits per heavy atom. The first-order valence-electron chi connectivity index (χ1n) is 13.3. The van der Waals surface area contributed by atoms with Crippen LogP contribution in [0.25, 0.3) is 5.57 Å². The highest BCUT2D eigenvalue weighted by Crippen LogP contribution is 2.58. The van der Waals surface area contributed by atoms with Crippen LogP contribution in [0.15, 0.2) is 114 Å². The number of halogens is 1. The summed E-state index contributed by atoms with van der Waals surface area (Å²) in [5.74, 6) is -1.65. The van der Waals surface area contributed by atoms with Crippen LogP contribution in [-0.4, -0.2) is 29.6 Å². The van der Waals surface area contributed by atoms with Crippen LogP contribution < -0.4 is 10.2 Å². The molecule has 1 spiro atoms. The molecule has 1 N–H and O–H groups in total. The van der Waals surface area contributed by atoms with Crippen LogP contribution in [0.4, 0.5) is 11.4 Å². The molecule has 7 rings (SSSR count). The van der Waals surface area contributed by atoms with Gasteiger partial charge in [-0.3, -0.25) is 14.4 Å². The highest BCUT2D eigenvalue weighted by atomic mass is 79.9. The fourth-order valence-electron chi connectivity index (χ4n) is 6.95. The number of nitrogens with one attached hydrogen (secondary N) is 1. The standard InChI is InChI=1S/C34H25BrN2O3/c1-20-19-28-34(25-12-6-7-13-26(25)36-33(34)40)29(31(38)22-15-17-23(35)18-16-22)30(32(39)21-9-3-2-4-10-21)37(28)27-14-8-5-11-24(20)27/h2-19,28-30H,1H3,(H,36,40)/t28-,29+,30-,34-/m1/s1. The number of benzene rings is 4. The largest absolute Gasteiger partial charge is 0.352 e. The SMILES string of the molecule is CC1=C[C@H]2N(c3ccccc31)[C@@H](C(=O)c1ccccc1)[C@@H](C(=O)c1ccc(Br)cc1)[C@]21C(=O)Nc2ccccc21. The van der Waals surface area contributed by atoms with E-state index in [4.69, 9.17) is 0 Å². The summed E-state index contributed by atoms with van der Waals surface area (Å²) in [6.45, 7) is 2.03. The number of allylic oxidation sites excluding steroid dienone is 1. The maximum Gasteiger partial charge on any atom is 0.238 e. The third-order valence-electron chi connectivity index (χ3n) is 8.62. The summed E-state index contributed by atoms with van der Waals surface area (Å²) in [7, 11) is 0. The number of Topliss-reactive ketones (excluding diaryl/α,β-unsaturated/α-hetero) is 2. The van der Waals surface area contributed by atoms with Crippen molar-refractivity contribution in [2.24, 2.45) is 5.92 Å².